The highest BCUT2D eigenvalue weighted by molar-refractivity contribution is 9.10. The fourth-order valence-corrected chi connectivity index (χ4v) is 4.10. The van der Waals surface area contributed by atoms with Crippen molar-refractivity contribution in [2.45, 2.75) is 19.8 Å². The van der Waals surface area contributed by atoms with Crippen LogP contribution in [0.15, 0.2) is 53.0 Å². The fraction of sp³-hybridized carbons (Fsp3) is 0.348. The Labute approximate surface area is 185 Å². The van der Waals surface area contributed by atoms with E-state index in [-0.39, 0.29) is 30.7 Å². The summed E-state index contributed by atoms with van der Waals surface area (Å²) in [6.45, 7) is 2.86. The minimum atomic E-state index is -0.402. The number of nitrogens with zero attached hydrogens (tertiary/aromatic N) is 2. The average molecular weight is 472 g/mol. The molecular weight excluding hydrogens is 446 g/mol. The SMILES string of the molecule is Cc1cc(Br)ccc1NC(=O)CN(C)C(=O)C1CC(=O)N(CCc2ccccc2)C1. The predicted octanol–water partition coefficient (Wildman–Crippen LogP) is 3.25. The summed E-state index contributed by atoms with van der Waals surface area (Å²) in [6, 6.07) is 15.6. The third-order valence-electron chi connectivity index (χ3n) is 5.30. The molecular formula is C23H26BrN3O3. The van der Waals surface area contributed by atoms with Gasteiger partial charge in [0.05, 0.1) is 12.5 Å². The van der Waals surface area contributed by atoms with E-state index in [1.165, 1.54) is 4.90 Å². The largest absolute Gasteiger partial charge is 0.342 e. The summed E-state index contributed by atoms with van der Waals surface area (Å²) in [7, 11) is 1.60. The van der Waals surface area contributed by atoms with Crippen LogP contribution in [0.25, 0.3) is 0 Å². The van der Waals surface area contributed by atoms with Crippen LogP contribution in [0.2, 0.25) is 0 Å². The van der Waals surface area contributed by atoms with Crippen molar-refractivity contribution in [1.29, 1.82) is 0 Å². The lowest BCUT2D eigenvalue weighted by Gasteiger charge is -2.21. The Balaban J connectivity index is 1.50. The van der Waals surface area contributed by atoms with Crippen molar-refractivity contribution in [3.05, 3.63) is 64.1 Å². The Morgan fingerprint density at radius 2 is 1.93 bits per heavy atom. The number of carbonyl (C=O) groups is 3. The van der Waals surface area contributed by atoms with Gasteiger partial charge in [0, 0.05) is 36.7 Å². The molecule has 1 heterocycles. The fourth-order valence-electron chi connectivity index (χ4n) is 3.62. The minimum absolute atomic E-state index is 0.00683. The zero-order valence-corrected chi connectivity index (χ0v) is 18.8. The lowest BCUT2D eigenvalue weighted by Crippen LogP contribution is -2.39. The molecule has 0 spiro atoms. The Morgan fingerprint density at radius 3 is 2.63 bits per heavy atom. The van der Waals surface area contributed by atoms with Crippen LogP contribution in [-0.2, 0) is 20.8 Å². The van der Waals surface area contributed by atoms with Gasteiger partial charge in [-0.05, 0) is 42.7 Å². The van der Waals surface area contributed by atoms with Crippen molar-refractivity contribution >= 4 is 39.3 Å². The normalized spacial score (nSPS) is 15.9. The highest BCUT2D eigenvalue weighted by Crippen LogP contribution is 2.22. The third kappa shape index (κ3) is 5.69. The van der Waals surface area contributed by atoms with Crippen LogP contribution in [0.3, 0.4) is 0 Å². The zero-order chi connectivity index (χ0) is 21.7. The molecule has 2 aromatic rings. The van der Waals surface area contributed by atoms with Crippen molar-refractivity contribution in [3.63, 3.8) is 0 Å². The molecule has 0 saturated carbocycles. The molecule has 0 radical (unpaired) electrons. The molecule has 1 saturated heterocycles. The number of aryl methyl sites for hydroxylation is 1. The molecule has 3 amide bonds. The summed E-state index contributed by atoms with van der Waals surface area (Å²) in [5.41, 5.74) is 2.81. The first-order valence-corrected chi connectivity index (χ1v) is 10.8. The van der Waals surface area contributed by atoms with E-state index in [1.54, 1.807) is 11.9 Å². The first-order chi connectivity index (χ1) is 14.3. The summed E-state index contributed by atoms with van der Waals surface area (Å²) < 4.78 is 0.938. The van der Waals surface area contributed by atoms with Crippen LogP contribution in [0, 0.1) is 12.8 Å². The van der Waals surface area contributed by atoms with E-state index >= 15 is 0 Å². The Bertz CT molecular complexity index is 933. The van der Waals surface area contributed by atoms with Gasteiger partial charge >= 0.3 is 0 Å². The monoisotopic (exact) mass is 471 g/mol. The van der Waals surface area contributed by atoms with Gasteiger partial charge in [-0.2, -0.15) is 0 Å². The molecule has 2 aromatic carbocycles. The van der Waals surface area contributed by atoms with Crippen LogP contribution >= 0.6 is 15.9 Å². The number of carbonyl (C=O) groups excluding carboxylic acids is 3. The number of hydrogen-bond donors (Lipinski definition) is 1. The number of likely N-dealkylation sites (tertiary alicyclic amines) is 1. The second-order valence-electron chi connectivity index (χ2n) is 7.68. The van der Waals surface area contributed by atoms with Crippen LogP contribution < -0.4 is 5.32 Å². The number of rotatable bonds is 7. The molecule has 30 heavy (non-hydrogen) atoms. The van der Waals surface area contributed by atoms with Crippen molar-refractivity contribution in [1.82, 2.24) is 9.80 Å². The van der Waals surface area contributed by atoms with E-state index in [4.69, 9.17) is 0 Å². The highest BCUT2D eigenvalue weighted by atomic mass is 79.9. The van der Waals surface area contributed by atoms with Gasteiger partial charge in [-0.15, -0.1) is 0 Å². The van der Waals surface area contributed by atoms with E-state index in [0.29, 0.717) is 18.8 Å². The van der Waals surface area contributed by atoms with Gasteiger partial charge in [-0.25, -0.2) is 0 Å². The van der Waals surface area contributed by atoms with Crippen molar-refractivity contribution in [3.8, 4) is 0 Å². The lowest BCUT2D eigenvalue weighted by molar-refractivity contribution is -0.137. The lowest BCUT2D eigenvalue weighted by atomic mass is 10.1. The molecule has 7 heteroatoms. The number of likely N-dealkylation sites (N-methyl/N-ethyl adjacent to an activating group) is 1. The van der Waals surface area contributed by atoms with Crippen LogP contribution in [-0.4, -0.2) is 54.2 Å². The second kappa shape index (κ2) is 9.89. The molecule has 1 N–H and O–H groups in total. The minimum Gasteiger partial charge on any atom is -0.342 e. The van der Waals surface area contributed by atoms with Crippen LogP contribution in [0.5, 0.6) is 0 Å². The molecule has 1 aliphatic rings. The third-order valence-corrected chi connectivity index (χ3v) is 5.79. The van der Waals surface area contributed by atoms with Crippen molar-refractivity contribution in [2.24, 2.45) is 5.92 Å². The van der Waals surface area contributed by atoms with Crippen molar-refractivity contribution in [2.75, 3.05) is 32.0 Å². The summed E-state index contributed by atoms with van der Waals surface area (Å²) >= 11 is 3.40. The molecule has 1 atom stereocenters. The molecule has 6 nitrogen and oxygen atoms in total. The first-order valence-electron chi connectivity index (χ1n) is 9.96. The number of halogens is 1. The quantitative estimate of drug-likeness (QED) is 0.673. The standard InChI is InChI=1S/C23H26BrN3O3/c1-16-12-19(24)8-9-20(16)25-21(28)15-26(2)23(30)18-13-22(29)27(14-18)11-10-17-6-4-3-5-7-17/h3-9,12,18H,10-11,13-15H2,1-2H3,(H,25,28). The molecule has 1 aliphatic heterocycles. The first kappa shape index (κ1) is 22.0. The number of benzene rings is 2. The number of hydrogen-bond acceptors (Lipinski definition) is 3. The Hall–Kier alpha value is -2.67. The van der Waals surface area contributed by atoms with E-state index in [1.807, 2.05) is 55.5 Å². The van der Waals surface area contributed by atoms with Gasteiger partial charge in [0.25, 0.3) is 0 Å². The smallest absolute Gasteiger partial charge is 0.243 e. The second-order valence-corrected chi connectivity index (χ2v) is 8.59. The predicted molar refractivity (Wildman–Crippen MR) is 120 cm³/mol. The van der Waals surface area contributed by atoms with E-state index in [0.717, 1.165) is 22.0 Å². The van der Waals surface area contributed by atoms with E-state index < -0.39 is 5.92 Å². The topological polar surface area (TPSA) is 69.7 Å². The molecule has 0 bridgehead atoms. The summed E-state index contributed by atoms with van der Waals surface area (Å²) in [5, 5.41) is 2.84. The highest BCUT2D eigenvalue weighted by Gasteiger charge is 2.35. The van der Waals surface area contributed by atoms with E-state index in [9.17, 15) is 14.4 Å². The number of nitrogens with one attached hydrogen (secondary N) is 1. The molecule has 3 rings (SSSR count). The zero-order valence-electron chi connectivity index (χ0n) is 17.2. The van der Waals surface area contributed by atoms with Gasteiger partial charge in [0.1, 0.15) is 0 Å². The van der Waals surface area contributed by atoms with Gasteiger partial charge in [-0.3, -0.25) is 14.4 Å². The summed E-state index contributed by atoms with van der Waals surface area (Å²) in [4.78, 5) is 40.6. The summed E-state index contributed by atoms with van der Waals surface area (Å²) in [5.74, 6) is -0.845. The molecule has 0 aliphatic carbocycles. The number of anilines is 1. The average Bonchev–Trinajstić information content (AvgIpc) is 3.09. The van der Waals surface area contributed by atoms with Crippen molar-refractivity contribution < 1.29 is 14.4 Å². The van der Waals surface area contributed by atoms with Gasteiger partial charge in [-0.1, -0.05) is 46.3 Å². The molecule has 1 fully saturated rings. The van der Waals surface area contributed by atoms with Gasteiger partial charge in [0.15, 0.2) is 0 Å². The maximum atomic E-state index is 12.8. The molecule has 1 unspecified atom stereocenters. The Kier molecular flexibility index (Phi) is 7.26. The Morgan fingerprint density at radius 1 is 1.20 bits per heavy atom. The van der Waals surface area contributed by atoms with Crippen LogP contribution in [0.1, 0.15) is 17.5 Å². The maximum absolute atomic E-state index is 12.8. The molecule has 158 valence electrons. The number of amides is 3. The van der Waals surface area contributed by atoms with Gasteiger partial charge in [0.2, 0.25) is 17.7 Å². The van der Waals surface area contributed by atoms with Gasteiger partial charge < -0.3 is 15.1 Å². The maximum Gasteiger partial charge on any atom is 0.243 e. The van der Waals surface area contributed by atoms with Crippen LogP contribution in [0.4, 0.5) is 5.69 Å². The summed E-state index contributed by atoms with van der Waals surface area (Å²) in [6.07, 6.45) is 0.962. The molecule has 0 aromatic heterocycles. The van der Waals surface area contributed by atoms with E-state index in [2.05, 4.69) is 21.2 Å².